The van der Waals surface area contributed by atoms with Crippen molar-refractivity contribution in [3.63, 3.8) is 0 Å². The molecule has 3 heteroatoms. The summed E-state index contributed by atoms with van der Waals surface area (Å²) in [7, 11) is 0. The maximum atomic E-state index is 5.59. The van der Waals surface area contributed by atoms with Crippen molar-refractivity contribution in [3.05, 3.63) is 0 Å². The average molecular weight is 233 g/mol. The van der Waals surface area contributed by atoms with Crippen LogP contribution < -0.4 is 5.32 Å². The summed E-state index contributed by atoms with van der Waals surface area (Å²) in [6.45, 7) is 13.8. The van der Waals surface area contributed by atoms with Gasteiger partial charge in [0.25, 0.3) is 0 Å². The largest absolute Gasteiger partial charge is 0.380 e. The van der Waals surface area contributed by atoms with Gasteiger partial charge in [0, 0.05) is 23.1 Å². The first-order valence-corrected chi connectivity index (χ1v) is 6.93. The van der Waals surface area contributed by atoms with Gasteiger partial charge in [-0.2, -0.15) is 11.8 Å². The van der Waals surface area contributed by atoms with Gasteiger partial charge in [-0.15, -0.1) is 0 Å². The highest BCUT2D eigenvalue weighted by Gasteiger charge is 2.15. The van der Waals surface area contributed by atoms with Gasteiger partial charge in [-0.1, -0.05) is 34.6 Å². The van der Waals surface area contributed by atoms with E-state index in [2.05, 4.69) is 39.9 Å². The lowest BCUT2D eigenvalue weighted by atomic mass is 10.3. The molecule has 0 aliphatic heterocycles. The summed E-state index contributed by atoms with van der Waals surface area (Å²) in [5.74, 6) is 1.13. The van der Waals surface area contributed by atoms with E-state index in [9.17, 15) is 0 Å². The second-order valence-corrected chi connectivity index (χ2v) is 6.60. The first-order valence-electron chi connectivity index (χ1n) is 5.94. The van der Waals surface area contributed by atoms with Crippen LogP contribution in [0.2, 0.25) is 0 Å². The van der Waals surface area contributed by atoms with Crippen molar-refractivity contribution in [2.45, 2.75) is 51.8 Å². The van der Waals surface area contributed by atoms with Crippen LogP contribution in [0.4, 0.5) is 0 Å². The van der Waals surface area contributed by atoms with Crippen LogP contribution in [-0.4, -0.2) is 36.3 Å². The molecule has 1 atom stereocenters. The molecule has 1 unspecified atom stereocenters. The highest BCUT2D eigenvalue weighted by atomic mass is 32.2. The third-order valence-electron chi connectivity index (χ3n) is 1.88. The predicted octanol–water partition coefficient (Wildman–Crippen LogP) is 2.92. The maximum Gasteiger partial charge on any atom is 0.0627 e. The van der Waals surface area contributed by atoms with Crippen molar-refractivity contribution in [2.24, 2.45) is 0 Å². The monoisotopic (exact) mass is 233 g/mol. The Morgan fingerprint density at radius 2 is 1.93 bits per heavy atom. The van der Waals surface area contributed by atoms with Gasteiger partial charge in [-0.3, -0.25) is 0 Å². The average Bonchev–Trinajstić information content (AvgIpc) is 2.13. The van der Waals surface area contributed by atoms with Crippen molar-refractivity contribution in [3.8, 4) is 0 Å². The molecule has 0 bridgehead atoms. The molecule has 0 spiro atoms. The van der Waals surface area contributed by atoms with Crippen molar-refractivity contribution in [1.82, 2.24) is 5.32 Å². The van der Waals surface area contributed by atoms with Crippen LogP contribution in [0.25, 0.3) is 0 Å². The predicted molar refractivity (Wildman–Crippen MR) is 70.8 cm³/mol. The summed E-state index contributed by atoms with van der Waals surface area (Å²) >= 11 is 2.00. The smallest absolute Gasteiger partial charge is 0.0627 e. The second-order valence-electron chi connectivity index (χ2n) is 4.75. The van der Waals surface area contributed by atoms with E-state index in [0.29, 0.717) is 10.8 Å². The van der Waals surface area contributed by atoms with Gasteiger partial charge in [-0.05, 0) is 13.0 Å². The lowest BCUT2D eigenvalue weighted by Gasteiger charge is -2.23. The standard InChI is InChI=1S/C12H27NOS/c1-6-8-14-9-11(13-7-2)10-15-12(3,4)5/h11,13H,6-10H2,1-5H3. The third-order valence-corrected chi connectivity index (χ3v) is 3.31. The molecule has 0 radical (unpaired) electrons. The van der Waals surface area contributed by atoms with E-state index in [-0.39, 0.29) is 0 Å². The number of likely N-dealkylation sites (N-methyl/N-ethyl adjacent to an activating group) is 1. The van der Waals surface area contributed by atoms with Gasteiger partial charge >= 0.3 is 0 Å². The van der Waals surface area contributed by atoms with Crippen molar-refractivity contribution in [2.75, 3.05) is 25.5 Å². The van der Waals surface area contributed by atoms with Crippen LogP contribution in [0.3, 0.4) is 0 Å². The Balaban J connectivity index is 3.72. The SMILES string of the molecule is CCCOCC(CSC(C)(C)C)NCC. The fraction of sp³-hybridized carbons (Fsp3) is 1.00. The molecule has 0 aromatic carbocycles. The molecule has 0 aliphatic rings. The van der Waals surface area contributed by atoms with Crippen molar-refractivity contribution >= 4 is 11.8 Å². The fourth-order valence-corrected chi connectivity index (χ4v) is 2.09. The van der Waals surface area contributed by atoms with Crippen LogP contribution in [-0.2, 0) is 4.74 Å². The number of ether oxygens (including phenoxy) is 1. The molecular weight excluding hydrogens is 206 g/mol. The first kappa shape index (κ1) is 15.3. The lowest BCUT2D eigenvalue weighted by Crippen LogP contribution is -2.36. The number of hydrogen-bond donors (Lipinski definition) is 1. The van der Waals surface area contributed by atoms with Crippen LogP contribution in [0.5, 0.6) is 0 Å². The van der Waals surface area contributed by atoms with Gasteiger partial charge < -0.3 is 10.1 Å². The molecular formula is C12H27NOS. The van der Waals surface area contributed by atoms with Gasteiger partial charge in [0.05, 0.1) is 6.61 Å². The quantitative estimate of drug-likeness (QED) is 0.651. The van der Waals surface area contributed by atoms with Crippen molar-refractivity contribution < 1.29 is 4.74 Å². The zero-order chi connectivity index (χ0) is 11.7. The highest BCUT2D eigenvalue weighted by Crippen LogP contribution is 2.23. The van der Waals surface area contributed by atoms with Gasteiger partial charge in [-0.25, -0.2) is 0 Å². The number of hydrogen-bond acceptors (Lipinski definition) is 3. The first-order chi connectivity index (χ1) is 6.99. The molecule has 1 N–H and O–H groups in total. The Kier molecular flexibility index (Phi) is 8.58. The van der Waals surface area contributed by atoms with Gasteiger partial charge in [0.1, 0.15) is 0 Å². The van der Waals surface area contributed by atoms with E-state index in [1.807, 2.05) is 11.8 Å². The Labute approximate surface area is 99.5 Å². The summed E-state index contributed by atoms with van der Waals surface area (Å²) in [4.78, 5) is 0. The van der Waals surface area contributed by atoms with Crippen molar-refractivity contribution in [1.29, 1.82) is 0 Å². The normalized spacial score (nSPS) is 14.2. The highest BCUT2D eigenvalue weighted by molar-refractivity contribution is 8.00. The Morgan fingerprint density at radius 3 is 2.40 bits per heavy atom. The zero-order valence-electron chi connectivity index (χ0n) is 10.9. The molecule has 0 amide bonds. The van der Waals surface area contributed by atoms with E-state index >= 15 is 0 Å². The minimum absolute atomic E-state index is 0.346. The summed E-state index contributed by atoms with van der Waals surface area (Å²) in [6.07, 6.45) is 1.10. The van der Waals surface area contributed by atoms with Gasteiger partial charge in [0.2, 0.25) is 0 Å². The summed E-state index contributed by atoms with van der Waals surface area (Å²) in [5, 5.41) is 3.47. The molecule has 0 fully saturated rings. The van der Waals surface area contributed by atoms with Gasteiger partial charge in [0.15, 0.2) is 0 Å². The molecule has 0 aromatic rings. The number of nitrogens with one attached hydrogen (secondary N) is 1. The fourth-order valence-electron chi connectivity index (χ4n) is 1.18. The van der Waals surface area contributed by atoms with E-state index in [1.54, 1.807) is 0 Å². The van der Waals surface area contributed by atoms with E-state index in [1.165, 1.54) is 0 Å². The molecule has 0 aromatic heterocycles. The summed E-state index contributed by atoms with van der Waals surface area (Å²) in [5.41, 5.74) is 0. The van der Waals surface area contributed by atoms with Crippen LogP contribution in [0.1, 0.15) is 41.0 Å². The molecule has 92 valence electrons. The third kappa shape index (κ3) is 10.6. The second kappa shape index (κ2) is 8.43. The lowest BCUT2D eigenvalue weighted by molar-refractivity contribution is 0.117. The van der Waals surface area contributed by atoms with Crippen LogP contribution >= 0.6 is 11.8 Å². The maximum absolute atomic E-state index is 5.59. The van der Waals surface area contributed by atoms with Crippen LogP contribution in [0, 0.1) is 0 Å². The van der Waals surface area contributed by atoms with E-state index in [4.69, 9.17) is 4.74 Å². The number of rotatable bonds is 8. The molecule has 0 saturated carbocycles. The van der Waals surface area contributed by atoms with E-state index in [0.717, 1.165) is 31.9 Å². The van der Waals surface area contributed by atoms with E-state index < -0.39 is 0 Å². The number of thioether (sulfide) groups is 1. The molecule has 2 nitrogen and oxygen atoms in total. The molecule has 0 heterocycles. The molecule has 0 aliphatic carbocycles. The minimum Gasteiger partial charge on any atom is -0.380 e. The Bertz CT molecular complexity index is 145. The molecule has 15 heavy (non-hydrogen) atoms. The zero-order valence-corrected chi connectivity index (χ0v) is 11.7. The Morgan fingerprint density at radius 1 is 1.27 bits per heavy atom. The molecule has 0 rings (SSSR count). The summed E-state index contributed by atoms with van der Waals surface area (Å²) in [6, 6.07) is 0.491. The topological polar surface area (TPSA) is 21.3 Å². The Hall–Kier alpha value is 0.270. The van der Waals surface area contributed by atoms with Crippen LogP contribution in [0.15, 0.2) is 0 Å². The molecule has 0 saturated heterocycles. The summed E-state index contributed by atoms with van der Waals surface area (Å²) < 4.78 is 5.93. The minimum atomic E-state index is 0.346.